The van der Waals surface area contributed by atoms with Gasteiger partial charge < -0.3 is 4.40 Å². The minimum atomic E-state index is 0.662. The van der Waals surface area contributed by atoms with E-state index >= 15 is 0 Å². The molecule has 0 amide bonds. The van der Waals surface area contributed by atoms with Gasteiger partial charge in [-0.2, -0.15) is 0 Å². The number of aromatic nitrogens is 4. The molecule has 52 heavy (non-hydrogen) atoms. The van der Waals surface area contributed by atoms with Gasteiger partial charge in [-0.1, -0.05) is 133 Å². The van der Waals surface area contributed by atoms with Crippen molar-refractivity contribution >= 4 is 81.6 Å². The standard InChI is InChI=1S/C48H28N4/c1-2-12-29(13-3-1)31-15-8-16-32(28-31)45-38-27-26-30-14-4-5-17-33(30)46(38)50-48(49-45)52-40-23-10-19-35-37-21-9-20-36-34-18-6-7-22-39(34)51(47(36)37)41-24-11-25-42(52)44(41)43(35)40/h1-28H. The van der Waals surface area contributed by atoms with Crippen LogP contribution in [0, 0.1) is 0 Å². The third-order valence-electron chi connectivity index (χ3n) is 11.0. The molecular weight excluding hydrogens is 633 g/mol. The fraction of sp³-hybridized carbons (Fsp3) is 0. The van der Waals surface area contributed by atoms with Gasteiger partial charge in [0, 0.05) is 43.3 Å². The molecule has 4 heteroatoms. The minimum Gasteiger partial charge on any atom is -0.308 e. The fourth-order valence-electron chi connectivity index (χ4n) is 8.85. The molecule has 0 unspecified atom stereocenters. The van der Waals surface area contributed by atoms with Crippen molar-refractivity contribution in [3.8, 4) is 28.3 Å². The van der Waals surface area contributed by atoms with E-state index in [4.69, 9.17) is 9.97 Å². The Morgan fingerprint density at radius 3 is 1.88 bits per heavy atom. The monoisotopic (exact) mass is 660 g/mol. The molecule has 8 aromatic carbocycles. The van der Waals surface area contributed by atoms with Crippen molar-refractivity contribution in [2.24, 2.45) is 0 Å². The first-order valence-corrected chi connectivity index (χ1v) is 17.8. The quantitative estimate of drug-likeness (QED) is 0.177. The third-order valence-corrected chi connectivity index (χ3v) is 11.0. The molecule has 0 saturated heterocycles. The number of hydrogen-bond acceptors (Lipinski definition) is 2. The Labute approximate surface area is 297 Å². The van der Waals surface area contributed by atoms with Crippen molar-refractivity contribution in [1.29, 1.82) is 0 Å². The van der Waals surface area contributed by atoms with Gasteiger partial charge in [0.15, 0.2) is 0 Å². The van der Waals surface area contributed by atoms with Crippen LogP contribution in [0.1, 0.15) is 0 Å². The SMILES string of the molecule is c1ccc(-c2cccc(-c3nc(-n4c5cccc6c7cccc8c9ccccc9n(c9cccc4c9c65)c78)nc4c3ccc3ccccc34)c2)cc1. The summed E-state index contributed by atoms with van der Waals surface area (Å²) in [5, 5.41) is 10.7. The van der Waals surface area contributed by atoms with Gasteiger partial charge in [0.1, 0.15) is 0 Å². The van der Waals surface area contributed by atoms with Crippen LogP contribution in [0.5, 0.6) is 0 Å². The van der Waals surface area contributed by atoms with Crippen LogP contribution < -0.4 is 0 Å². The molecule has 0 aliphatic heterocycles. The first-order valence-electron chi connectivity index (χ1n) is 17.8. The summed E-state index contributed by atoms with van der Waals surface area (Å²) in [6.45, 7) is 0. The maximum absolute atomic E-state index is 5.53. The van der Waals surface area contributed by atoms with Crippen LogP contribution in [-0.2, 0) is 0 Å². The molecule has 0 bridgehead atoms. The first kappa shape index (κ1) is 27.7. The summed E-state index contributed by atoms with van der Waals surface area (Å²) in [5.74, 6) is 0.662. The molecule has 4 heterocycles. The van der Waals surface area contributed by atoms with Gasteiger partial charge in [0.25, 0.3) is 0 Å². The predicted octanol–water partition coefficient (Wildman–Crippen LogP) is 12.4. The van der Waals surface area contributed by atoms with Crippen molar-refractivity contribution in [1.82, 2.24) is 18.9 Å². The van der Waals surface area contributed by atoms with Crippen molar-refractivity contribution in [3.05, 3.63) is 170 Å². The lowest BCUT2D eigenvalue weighted by molar-refractivity contribution is 1.02. The molecule has 4 nitrogen and oxygen atoms in total. The molecule has 4 aromatic heterocycles. The topological polar surface area (TPSA) is 35.1 Å². The smallest absolute Gasteiger partial charge is 0.235 e. The Balaban J connectivity index is 1.25. The van der Waals surface area contributed by atoms with Crippen LogP contribution in [0.15, 0.2) is 170 Å². The molecular formula is C48H28N4. The lowest BCUT2D eigenvalue weighted by Crippen LogP contribution is -2.04. The lowest BCUT2D eigenvalue weighted by atomic mass is 9.98. The second-order valence-corrected chi connectivity index (χ2v) is 13.8. The third kappa shape index (κ3) is 3.65. The summed E-state index contributed by atoms with van der Waals surface area (Å²) in [6.07, 6.45) is 0. The van der Waals surface area contributed by atoms with Crippen LogP contribution in [0.4, 0.5) is 0 Å². The Bertz CT molecular complexity index is 3410. The van der Waals surface area contributed by atoms with E-state index in [0.717, 1.165) is 49.5 Å². The molecule has 0 aliphatic carbocycles. The molecule has 0 spiro atoms. The summed E-state index contributed by atoms with van der Waals surface area (Å²) in [7, 11) is 0. The van der Waals surface area contributed by atoms with E-state index in [2.05, 4.69) is 179 Å². The Hall–Kier alpha value is -7.04. The Kier molecular flexibility index (Phi) is 5.47. The second kappa shape index (κ2) is 10.3. The average molecular weight is 661 g/mol. The van der Waals surface area contributed by atoms with Gasteiger partial charge in [-0.15, -0.1) is 0 Å². The zero-order valence-electron chi connectivity index (χ0n) is 28.0. The molecule has 0 aliphatic rings. The summed E-state index contributed by atoms with van der Waals surface area (Å²) >= 11 is 0. The second-order valence-electron chi connectivity index (χ2n) is 13.8. The molecule has 12 rings (SSSR count). The molecule has 0 fully saturated rings. The Morgan fingerprint density at radius 1 is 0.365 bits per heavy atom. The van der Waals surface area contributed by atoms with Crippen LogP contribution in [0.25, 0.3) is 110 Å². The first-order chi connectivity index (χ1) is 25.8. The van der Waals surface area contributed by atoms with E-state index in [0.29, 0.717) is 5.95 Å². The van der Waals surface area contributed by atoms with Gasteiger partial charge >= 0.3 is 0 Å². The Morgan fingerprint density at radius 2 is 0.981 bits per heavy atom. The van der Waals surface area contributed by atoms with Crippen molar-refractivity contribution in [2.75, 3.05) is 0 Å². The van der Waals surface area contributed by atoms with E-state index in [9.17, 15) is 0 Å². The van der Waals surface area contributed by atoms with Crippen LogP contribution in [0.3, 0.4) is 0 Å². The minimum absolute atomic E-state index is 0.662. The van der Waals surface area contributed by atoms with E-state index < -0.39 is 0 Å². The fourth-order valence-corrected chi connectivity index (χ4v) is 8.85. The highest BCUT2D eigenvalue weighted by molar-refractivity contribution is 6.31. The molecule has 0 atom stereocenters. The zero-order chi connectivity index (χ0) is 33.9. The highest BCUT2D eigenvalue weighted by atomic mass is 15.2. The summed E-state index contributed by atoms with van der Waals surface area (Å²) in [6, 6.07) is 61.1. The normalized spacial score (nSPS) is 12.2. The van der Waals surface area contributed by atoms with Crippen LogP contribution >= 0.6 is 0 Å². The van der Waals surface area contributed by atoms with Gasteiger partial charge in [0.2, 0.25) is 5.95 Å². The van der Waals surface area contributed by atoms with Gasteiger partial charge in [-0.3, -0.25) is 4.57 Å². The lowest BCUT2D eigenvalue weighted by Gasteiger charge is -2.14. The van der Waals surface area contributed by atoms with Crippen LogP contribution in [0.2, 0.25) is 0 Å². The van der Waals surface area contributed by atoms with Gasteiger partial charge in [-0.05, 0) is 58.3 Å². The number of hydrogen-bond donors (Lipinski definition) is 0. The zero-order valence-corrected chi connectivity index (χ0v) is 28.0. The summed E-state index contributed by atoms with van der Waals surface area (Å²) in [4.78, 5) is 11.0. The molecule has 0 saturated carbocycles. The summed E-state index contributed by atoms with van der Waals surface area (Å²) < 4.78 is 4.77. The van der Waals surface area contributed by atoms with Crippen LogP contribution in [-0.4, -0.2) is 18.9 Å². The molecule has 12 aromatic rings. The van der Waals surface area contributed by atoms with E-state index in [1.165, 1.54) is 54.4 Å². The highest BCUT2D eigenvalue weighted by Gasteiger charge is 2.23. The molecule has 0 N–H and O–H groups in total. The maximum Gasteiger partial charge on any atom is 0.235 e. The number of benzene rings is 8. The average Bonchev–Trinajstić information content (AvgIpc) is 3.70. The molecule has 240 valence electrons. The van der Waals surface area contributed by atoms with Gasteiger partial charge in [0.05, 0.1) is 38.8 Å². The van der Waals surface area contributed by atoms with Gasteiger partial charge in [-0.25, -0.2) is 9.97 Å². The van der Waals surface area contributed by atoms with Crippen molar-refractivity contribution in [2.45, 2.75) is 0 Å². The molecule has 0 radical (unpaired) electrons. The van der Waals surface area contributed by atoms with E-state index in [1.54, 1.807) is 0 Å². The largest absolute Gasteiger partial charge is 0.308 e. The van der Waals surface area contributed by atoms with Crippen molar-refractivity contribution in [3.63, 3.8) is 0 Å². The van der Waals surface area contributed by atoms with Crippen molar-refractivity contribution < 1.29 is 0 Å². The van der Waals surface area contributed by atoms with E-state index in [1.807, 2.05) is 0 Å². The van der Waals surface area contributed by atoms with E-state index in [-0.39, 0.29) is 0 Å². The number of nitrogens with zero attached hydrogens (tertiary/aromatic N) is 4. The number of para-hydroxylation sites is 2. The number of fused-ring (bicyclic) bond motifs is 8. The highest BCUT2D eigenvalue weighted by Crippen LogP contribution is 2.44. The summed E-state index contributed by atoms with van der Waals surface area (Å²) in [5.41, 5.74) is 11.1. The number of rotatable bonds is 3. The maximum atomic E-state index is 5.53. The predicted molar refractivity (Wildman–Crippen MR) is 217 cm³/mol.